The molecule has 1 atom stereocenters. The molecule has 1 saturated heterocycles. The van der Waals surface area contributed by atoms with Crippen LogP contribution < -0.4 is 0 Å². The second kappa shape index (κ2) is 5.27. The summed E-state index contributed by atoms with van der Waals surface area (Å²) in [5.74, 6) is 1.12. The summed E-state index contributed by atoms with van der Waals surface area (Å²) in [5.41, 5.74) is 0. The van der Waals surface area contributed by atoms with Gasteiger partial charge < -0.3 is 14.2 Å². The smallest absolute Gasteiger partial charge is 0.249 e. The van der Waals surface area contributed by atoms with E-state index in [0.717, 1.165) is 19.4 Å². The van der Waals surface area contributed by atoms with Gasteiger partial charge in [-0.3, -0.25) is 4.79 Å². The number of aromatic nitrogens is 2. The van der Waals surface area contributed by atoms with Crippen molar-refractivity contribution in [1.82, 2.24) is 15.0 Å². The van der Waals surface area contributed by atoms with E-state index >= 15 is 0 Å². The maximum absolute atomic E-state index is 11.9. The normalized spacial score (nSPS) is 19.9. The number of carbonyl (C=O) groups excluding carboxylic acids is 1. The molecule has 0 radical (unpaired) electrons. The summed E-state index contributed by atoms with van der Waals surface area (Å²) in [7, 11) is 0. The third-order valence-electron chi connectivity index (χ3n) is 2.83. The van der Waals surface area contributed by atoms with Crippen LogP contribution in [0.25, 0.3) is 0 Å². The summed E-state index contributed by atoms with van der Waals surface area (Å²) in [6.45, 7) is 5.05. The minimum Gasteiger partial charge on any atom is -0.372 e. The van der Waals surface area contributed by atoms with Crippen molar-refractivity contribution < 1.29 is 14.1 Å². The van der Waals surface area contributed by atoms with Gasteiger partial charge in [-0.2, -0.15) is 4.98 Å². The van der Waals surface area contributed by atoms with Crippen molar-refractivity contribution in [2.24, 2.45) is 0 Å². The number of amides is 1. The van der Waals surface area contributed by atoms with E-state index in [2.05, 4.69) is 10.1 Å². The molecule has 6 nitrogen and oxygen atoms in total. The van der Waals surface area contributed by atoms with Gasteiger partial charge >= 0.3 is 0 Å². The van der Waals surface area contributed by atoms with Crippen LogP contribution in [0.2, 0.25) is 0 Å². The summed E-state index contributed by atoms with van der Waals surface area (Å²) in [5, 5.41) is 3.76. The van der Waals surface area contributed by atoms with Gasteiger partial charge in [0.05, 0.1) is 0 Å². The monoisotopic (exact) mass is 239 g/mol. The van der Waals surface area contributed by atoms with Gasteiger partial charge in [0.1, 0.15) is 12.6 Å². The first-order valence-corrected chi connectivity index (χ1v) is 5.89. The van der Waals surface area contributed by atoms with E-state index in [1.807, 2.05) is 6.92 Å². The fourth-order valence-corrected chi connectivity index (χ4v) is 2.04. The lowest BCUT2D eigenvalue weighted by Crippen LogP contribution is -2.33. The van der Waals surface area contributed by atoms with Crippen LogP contribution in [-0.4, -0.2) is 40.7 Å². The highest BCUT2D eigenvalue weighted by molar-refractivity contribution is 5.78. The Kier molecular flexibility index (Phi) is 3.73. The van der Waals surface area contributed by atoms with E-state index in [1.165, 1.54) is 0 Å². The quantitative estimate of drug-likeness (QED) is 0.786. The van der Waals surface area contributed by atoms with Crippen LogP contribution in [0.5, 0.6) is 0 Å². The van der Waals surface area contributed by atoms with E-state index in [4.69, 9.17) is 9.26 Å². The number of aryl methyl sites for hydroxylation is 1. The van der Waals surface area contributed by atoms with Crippen LogP contribution in [-0.2, 0) is 9.53 Å². The van der Waals surface area contributed by atoms with Crippen LogP contribution in [0.4, 0.5) is 0 Å². The number of likely N-dealkylation sites (tertiary alicyclic amines) is 1. The van der Waals surface area contributed by atoms with Gasteiger partial charge in [-0.1, -0.05) is 5.16 Å². The summed E-state index contributed by atoms with van der Waals surface area (Å²) in [6, 6.07) is -0.0795. The standard InChI is InChI=1S/C11H17N3O3/c1-3-16-7-10(15)14-6-4-5-9(14)11-12-8(2)13-17-11/h9H,3-7H2,1-2H3. The lowest BCUT2D eigenvalue weighted by atomic mass is 10.2. The number of nitrogens with zero attached hydrogens (tertiary/aromatic N) is 3. The van der Waals surface area contributed by atoms with Gasteiger partial charge in [0.15, 0.2) is 5.82 Å². The molecule has 1 amide bonds. The second-order valence-corrected chi connectivity index (χ2v) is 4.06. The van der Waals surface area contributed by atoms with E-state index in [0.29, 0.717) is 18.3 Å². The van der Waals surface area contributed by atoms with E-state index in [-0.39, 0.29) is 18.6 Å². The van der Waals surface area contributed by atoms with Crippen molar-refractivity contribution in [2.75, 3.05) is 19.8 Å². The third kappa shape index (κ3) is 2.63. The van der Waals surface area contributed by atoms with Gasteiger partial charge in [0.25, 0.3) is 0 Å². The van der Waals surface area contributed by atoms with Crippen LogP contribution in [0.1, 0.15) is 37.5 Å². The number of carbonyl (C=O) groups is 1. The van der Waals surface area contributed by atoms with Crippen LogP contribution in [0, 0.1) is 6.92 Å². The summed E-state index contributed by atoms with van der Waals surface area (Å²) < 4.78 is 10.3. The fourth-order valence-electron chi connectivity index (χ4n) is 2.04. The molecule has 1 aromatic heterocycles. The molecule has 1 aliphatic heterocycles. The van der Waals surface area contributed by atoms with Crippen molar-refractivity contribution in [3.05, 3.63) is 11.7 Å². The van der Waals surface area contributed by atoms with Crippen molar-refractivity contribution in [2.45, 2.75) is 32.7 Å². The average Bonchev–Trinajstić information content (AvgIpc) is 2.93. The zero-order valence-corrected chi connectivity index (χ0v) is 10.2. The summed E-state index contributed by atoms with van der Waals surface area (Å²) in [6.07, 6.45) is 1.84. The molecule has 1 unspecified atom stereocenters. The molecule has 0 bridgehead atoms. The Bertz CT molecular complexity index is 391. The Labute approximate surface area is 99.9 Å². The number of rotatable bonds is 4. The Morgan fingerprint density at radius 3 is 3.12 bits per heavy atom. The molecule has 17 heavy (non-hydrogen) atoms. The topological polar surface area (TPSA) is 68.5 Å². The van der Waals surface area contributed by atoms with Crippen molar-refractivity contribution in [1.29, 1.82) is 0 Å². The number of hydrogen-bond donors (Lipinski definition) is 0. The van der Waals surface area contributed by atoms with Gasteiger partial charge in [0.2, 0.25) is 11.8 Å². The molecule has 1 aliphatic rings. The van der Waals surface area contributed by atoms with Crippen molar-refractivity contribution >= 4 is 5.91 Å². The molecule has 0 N–H and O–H groups in total. The maximum Gasteiger partial charge on any atom is 0.249 e. The predicted octanol–water partition coefficient (Wildman–Crippen LogP) is 1.08. The molecule has 2 heterocycles. The van der Waals surface area contributed by atoms with Crippen LogP contribution in [0.3, 0.4) is 0 Å². The molecular formula is C11H17N3O3. The van der Waals surface area contributed by atoms with Gasteiger partial charge in [-0.05, 0) is 26.7 Å². The van der Waals surface area contributed by atoms with Crippen LogP contribution in [0.15, 0.2) is 4.52 Å². The molecule has 1 fully saturated rings. The third-order valence-corrected chi connectivity index (χ3v) is 2.83. The Hall–Kier alpha value is -1.43. The molecule has 6 heteroatoms. The molecule has 0 aromatic carbocycles. The first-order valence-electron chi connectivity index (χ1n) is 5.89. The maximum atomic E-state index is 11.9. The Balaban J connectivity index is 2.04. The zero-order valence-electron chi connectivity index (χ0n) is 10.2. The molecule has 1 aromatic rings. The van der Waals surface area contributed by atoms with Gasteiger partial charge in [0, 0.05) is 13.2 Å². The van der Waals surface area contributed by atoms with Gasteiger partial charge in [-0.25, -0.2) is 0 Å². The Morgan fingerprint density at radius 2 is 2.47 bits per heavy atom. The first-order chi connectivity index (χ1) is 8.22. The zero-order chi connectivity index (χ0) is 12.3. The lowest BCUT2D eigenvalue weighted by molar-refractivity contribution is -0.137. The summed E-state index contributed by atoms with van der Waals surface area (Å²) in [4.78, 5) is 17.9. The highest BCUT2D eigenvalue weighted by Crippen LogP contribution is 2.30. The van der Waals surface area contributed by atoms with Crippen molar-refractivity contribution in [3.8, 4) is 0 Å². The second-order valence-electron chi connectivity index (χ2n) is 4.06. The van der Waals surface area contributed by atoms with Crippen molar-refractivity contribution in [3.63, 3.8) is 0 Å². The predicted molar refractivity (Wildman–Crippen MR) is 59.2 cm³/mol. The minimum absolute atomic E-state index is 0.00907. The molecule has 0 saturated carbocycles. The lowest BCUT2D eigenvalue weighted by Gasteiger charge is -2.21. The Morgan fingerprint density at radius 1 is 1.65 bits per heavy atom. The SMILES string of the molecule is CCOCC(=O)N1CCCC1c1nc(C)no1. The summed E-state index contributed by atoms with van der Waals surface area (Å²) >= 11 is 0. The highest BCUT2D eigenvalue weighted by atomic mass is 16.5. The molecule has 94 valence electrons. The molecule has 0 aliphatic carbocycles. The molecule has 0 spiro atoms. The van der Waals surface area contributed by atoms with Crippen LogP contribution >= 0.6 is 0 Å². The van der Waals surface area contributed by atoms with E-state index in [1.54, 1.807) is 11.8 Å². The number of hydrogen-bond acceptors (Lipinski definition) is 5. The average molecular weight is 239 g/mol. The largest absolute Gasteiger partial charge is 0.372 e. The van der Waals surface area contributed by atoms with E-state index in [9.17, 15) is 4.79 Å². The molecule has 2 rings (SSSR count). The number of ether oxygens (including phenoxy) is 1. The highest BCUT2D eigenvalue weighted by Gasteiger charge is 2.33. The van der Waals surface area contributed by atoms with E-state index < -0.39 is 0 Å². The minimum atomic E-state index is -0.0795. The fraction of sp³-hybridized carbons (Fsp3) is 0.727. The van der Waals surface area contributed by atoms with Gasteiger partial charge in [-0.15, -0.1) is 0 Å². The first kappa shape index (κ1) is 12.0. The molecular weight excluding hydrogens is 222 g/mol.